The van der Waals surface area contributed by atoms with Gasteiger partial charge in [-0.2, -0.15) is 0 Å². The highest BCUT2D eigenvalue weighted by atomic mass is 16.5. The van der Waals surface area contributed by atoms with Gasteiger partial charge in [-0.1, -0.05) is 121 Å². The molecule has 1 aromatic heterocycles. The molecule has 0 bridgehead atoms. The molecule has 0 saturated carbocycles. The van der Waals surface area contributed by atoms with Crippen molar-refractivity contribution in [1.82, 2.24) is 0 Å². The molecular weight excluding hydrogens is 649 g/mol. The minimum atomic E-state index is -0.124. The van der Waals surface area contributed by atoms with Crippen molar-refractivity contribution in [2.75, 3.05) is 4.90 Å². The topological polar surface area (TPSA) is 34.8 Å². The van der Waals surface area contributed by atoms with Crippen LogP contribution in [0.1, 0.15) is 0 Å². The second-order valence-electron chi connectivity index (χ2n) is 14.0. The first-order valence-electron chi connectivity index (χ1n) is 18.0. The van der Waals surface area contributed by atoms with Crippen LogP contribution in [0.2, 0.25) is 0 Å². The molecule has 2 aliphatic heterocycles. The van der Waals surface area contributed by atoms with E-state index in [2.05, 4.69) is 175 Å². The minimum Gasteiger partial charge on any atom is -0.458 e. The lowest BCUT2D eigenvalue weighted by Crippen LogP contribution is -2.57. The molecule has 4 nitrogen and oxygen atoms in total. The number of ether oxygens (including phenoxy) is 2. The third-order valence-corrected chi connectivity index (χ3v) is 11.1. The van der Waals surface area contributed by atoms with Crippen molar-refractivity contribution in [1.29, 1.82) is 0 Å². The van der Waals surface area contributed by atoms with Crippen LogP contribution in [0.5, 0.6) is 23.0 Å². The van der Waals surface area contributed by atoms with Gasteiger partial charge in [0.15, 0.2) is 11.3 Å². The molecule has 0 N–H and O–H groups in total. The Bertz CT molecular complexity index is 3050. The van der Waals surface area contributed by atoms with Gasteiger partial charge in [-0.05, 0) is 80.3 Å². The molecule has 5 heteroatoms. The van der Waals surface area contributed by atoms with E-state index in [0.717, 1.165) is 83.4 Å². The average molecular weight is 678 g/mol. The van der Waals surface area contributed by atoms with Crippen molar-refractivity contribution in [3.8, 4) is 23.0 Å². The monoisotopic (exact) mass is 677 g/mol. The van der Waals surface area contributed by atoms with Gasteiger partial charge in [-0.3, -0.25) is 0 Å². The van der Waals surface area contributed by atoms with E-state index in [1.165, 1.54) is 21.5 Å². The smallest absolute Gasteiger partial charge is 0.262 e. The van der Waals surface area contributed by atoms with Crippen LogP contribution >= 0.6 is 0 Å². The van der Waals surface area contributed by atoms with Gasteiger partial charge in [0.05, 0.1) is 5.69 Å². The normalized spacial score (nSPS) is 12.8. The molecule has 0 saturated heterocycles. The molecule has 0 aliphatic carbocycles. The maximum atomic E-state index is 7.06. The molecule has 0 amide bonds. The molecule has 0 radical (unpaired) electrons. The number of anilines is 3. The zero-order chi connectivity index (χ0) is 34.6. The number of hydrogen-bond donors (Lipinski definition) is 0. The molecule has 12 rings (SSSR count). The molecule has 0 unspecified atom stereocenters. The molecule has 2 aliphatic rings. The summed E-state index contributed by atoms with van der Waals surface area (Å²) in [4.78, 5) is 2.31. The first-order valence-corrected chi connectivity index (χ1v) is 18.0. The van der Waals surface area contributed by atoms with E-state index in [1.807, 2.05) is 0 Å². The summed E-state index contributed by atoms with van der Waals surface area (Å²) < 4.78 is 21.1. The van der Waals surface area contributed by atoms with Gasteiger partial charge < -0.3 is 18.8 Å². The second-order valence-corrected chi connectivity index (χ2v) is 14.0. The van der Waals surface area contributed by atoms with Crippen molar-refractivity contribution >= 4 is 94.4 Å². The van der Waals surface area contributed by atoms with Crippen molar-refractivity contribution < 1.29 is 13.9 Å². The minimum absolute atomic E-state index is 0.124. The maximum Gasteiger partial charge on any atom is 0.262 e. The van der Waals surface area contributed by atoms with E-state index in [4.69, 9.17) is 13.9 Å². The highest BCUT2D eigenvalue weighted by molar-refractivity contribution is 7.01. The van der Waals surface area contributed by atoms with Crippen molar-refractivity contribution in [2.24, 2.45) is 0 Å². The van der Waals surface area contributed by atoms with Crippen LogP contribution in [0, 0.1) is 0 Å². The van der Waals surface area contributed by atoms with Crippen LogP contribution in [0.25, 0.3) is 54.3 Å². The Morgan fingerprint density at radius 1 is 0.415 bits per heavy atom. The summed E-state index contributed by atoms with van der Waals surface area (Å²) in [7, 11) is 0. The molecular formula is C48H28BNO3. The Hall–Kier alpha value is -6.98. The van der Waals surface area contributed by atoms with E-state index >= 15 is 0 Å². The van der Waals surface area contributed by atoms with Crippen LogP contribution in [0.4, 0.5) is 17.1 Å². The lowest BCUT2D eigenvalue weighted by molar-refractivity contribution is 0.462. The summed E-state index contributed by atoms with van der Waals surface area (Å²) in [6.07, 6.45) is 0. The van der Waals surface area contributed by atoms with Gasteiger partial charge in [-0.15, -0.1) is 0 Å². The fourth-order valence-corrected chi connectivity index (χ4v) is 8.93. The fourth-order valence-electron chi connectivity index (χ4n) is 8.93. The Balaban J connectivity index is 1.19. The molecule has 10 aromatic rings. The lowest BCUT2D eigenvalue weighted by Gasteiger charge is -2.34. The summed E-state index contributed by atoms with van der Waals surface area (Å²) in [5.74, 6) is 3.22. The predicted molar refractivity (Wildman–Crippen MR) is 219 cm³/mol. The van der Waals surface area contributed by atoms with Crippen molar-refractivity contribution in [2.45, 2.75) is 0 Å². The number of nitrogens with zero attached hydrogens (tertiary/aromatic N) is 1. The number of benzene rings is 9. The molecule has 9 aromatic carbocycles. The van der Waals surface area contributed by atoms with E-state index < -0.39 is 0 Å². The Morgan fingerprint density at radius 3 is 1.60 bits per heavy atom. The highest BCUT2D eigenvalue weighted by Gasteiger charge is 2.44. The predicted octanol–water partition coefficient (Wildman–Crippen LogP) is 11.2. The van der Waals surface area contributed by atoms with Crippen LogP contribution in [-0.2, 0) is 0 Å². The van der Waals surface area contributed by atoms with Gasteiger partial charge in [0.1, 0.15) is 22.8 Å². The molecule has 53 heavy (non-hydrogen) atoms. The number of para-hydroxylation sites is 2. The van der Waals surface area contributed by atoms with Crippen LogP contribution in [-0.4, -0.2) is 6.71 Å². The Kier molecular flexibility index (Phi) is 5.83. The quantitative estimate of drug-likeness (QED) is 0.174. The van der Waals surface area contributed by atoms with Crippen molar-refractivity contribution in [3.05, 3.63) is 170 Å². The van der Waals surface area contributed by atoms with Crippen LogP contribution < -0.4 is 30.8 Å². The SMILES string of the molecule is c1ccc(N(c2ccccc2)c2cc3oc4c5c6c(cc4c3c3ccccc23)Oc2ccc3ccccc3c2B6c2c(ccc3ccccc23)O5)cc1. The average Bonchev–Trinajstić information content (AvgIpc) is 3.60. The Morgan fingerprint density at radius 2 is 0.962 bits per heavy atom. The van der Waals surface area contributed by atoms with Gasteiger partial charge in [0.2, 0.25) is 0 Å². The third kappa shape index (κ3) is 4.02. The molecule has 0 atom stereocenters. The zero-order valence-corrected chi connectivity index (χ0v) is 28.4. The maximum absolute atomic E-state index is 7.06. The summed E-state index contributed by atoms with van der Waals surface area (Å²) >= 11 is 0. The molecule has 0 spiro atoms. The standard InChI is InChI=1S/C48H28BNO3/c1-3-15-31(16-4-1)50(32-17-5-2-6-18-32)38-28-41-43(36-22-12-11-21-35(36)38)37-27-42-46-48(47(37)53-41)52-40-26-24-30-14-8-10-20-34(30)45(40)49(46)44-33-19-9-7-13-29(33)23-25-39(44)51-42/h1-28H. The largest absolute Gasteiger partial charge is 0.458 e. The number of fused-ring (bicyclic) bond motifs is 14. The summed E-state index contributed by atoms with van der Waals surface area (Å²) in [5, 5.41) is 8.94. The first kappa shape index (κ1) is 28.7. The number of furan rings is 1. The van der Waals surface area contributed by atoms with Crippen LogP contribution in [0.3, 0.4) is 0 Å². The summed E-state index contributed by atoms with van der Waals surface area (Å²) in [6, 6.07) is 59.8. The summed E-state index contributed by atoms with van der Waals surface area (Å²) in [5.41, 5.74) is 8.00. The van der Waals surface area contributed by atoms with Gasteiger partial charge in [0, 0.05) is 39.1 Å². The Labute approximate surface area is 305 Å². The van der Waals surface area contributed by atoms with Gasteiger partial charge >= 0.3 is 0 Å². The zero-order valence-electron chi connectivity index (χ0n) is 28.4. The van der Waals surface area contributed by atoms with E-state index in [-0.39, 0.29) is 6.71 Å². The molecule has 246 valence electrons. The number of hydrogen-bond acceptors (Lipinski definition) is 4. The van der Waals surface area contributed by atoms with E-state index in [9.17, 15) is 0 Å². The van der Waals surface area contributed by atoms with Gasteiger partial charge in [0.25, 0.3) is 6.71 Å². The third-order valence-electron chi connectivity index (χ3n) is 11.1. The lowest BCUT2D eigenvalue weighted by atomic mass is 9.33. The van der Waals surface area contributed by atoms with Crippen molar-refractivity contribution in [3.63, 3.8) is 0 Å². The second kappa shape index (κ2) is 10.8. The van der Waals surface area contributed by atoms with Crippen LogP contribution in [0.15, 0.2) is 174 Å². The molecule has 3 heterocycles. The fraction of sp³-hybridized carbons (Fsp3) is 0. The molecule has 0 fully saturated rings. The van der Waals surface area contributed by atoms with Gasteiger partial charge in [-0.25, -0.2) is 0 Å². The highest BCUT2D eigenvalue weighted by Crippen LogP contribution is 2.49. The van der Waals surface area contributed by atoms with E-state index in [0.29, 0.717) is 5.75 Å². The number of rotatable bonds is 3. The van der Waals surface area contributed by atoms with E-state index in [1.54, 1.807) is 0 Å². The summed E-state index contributed by atoms with van der Waals surface area (Å²) in [6.45, 7) is -0.124. The first-order chi connectivity index (χ1) is 26.3.